The number of halogens is 1. The number of hydrogen-bond acceptors (Lipinski definition) is 2. The van der Waals surface area contributed by atoms with Crippen LogP contribution in [-0.4, -0.2) is 17.1 Å². The van der Waals surface area contributed by atoms with Crippen molar-refractivity contribution in [2.24, 2.45) is 5.92 Å². The Labute approximate surface area is 107 Å². The van der Waals surface area contributed by atoms with Crippen molar-refractivity contribution in [3.63, 3.8) is 0 Å². The fourth-order valence-corrected chi connectivity index (χ4v) is 1.80. The van der Waals surface area contributed by atoms with Gasteiger partial charge in [-0.15, -0.1) is 0 Å². The normalized spacial score (nSPS) is 12.7. The van der Waals surface area contributed by atoms with Crippen molar-refractivity contribution in [3.8, 4) is 0 Å². The topological polar surface area (TPSA) is 49.3 Å². The van der Waals surface area contributed by atoms with Crippen molar-refractivity contribution >= 4 is 5.97 Å². The Morgan fingerprint density at radius 3 is 2.61 bits per heavy atom. The van der Waals surface area contributed by atoms with Gasteiger partial charge in [-0.05, 0) is 36.5 Å². The highest BCUT2D eigenvalue weighted by Crippen LogP contribution is 2.10. The lowest BCUT2D eigenvalue weighted by atomic mass is 10.0. The number of carbonyl (C=O) groups is 1. The smallest absolute Gasteiger partial charge is 0.320 e. The molecule has 2 N–H and O–H groups in total. The van der Waals surface area contributed by atoms with Crippen molar-refractivity contribution in [2.45, 2.75) is 39.8 Å². The Kier molecular flexibility index (Phi) is 5.28. The minimum Gasteiger partial charge on any atom is -0.480 e. The minimum atomic E-state index is -0.845. The second-order valence-electron chi connectivity index (χ2n) is 4.98. The average Bonchev–Trinajstić information content (AvgIpc) is 2.28. The molecule has 100 valence electrons. The van der Waals surface area contributed by atoms with Crippen molar-refractivity contribution in [1.82, 2.24) is 5.32 Å². The van der Waals surface area contributed by atoms with Crippen molar-refractivity contribution in [3.05, 3.63) is 35.1 Å². The number of aliphatic carboxylic acids is 1. The number of carboxylic acids is 1. The van der Waals surface area contributed by atoms with Gasteiger partial charge in [0.2, 0.25) is 0 Å². The van der Waals surface area contributed by atoms with E-state index in [0.717, 1.165) is 5.56 Å². The number of aryl methyl sites for hydroxylation is 1. The SMILES string of the molecule is Cc1cc(CN[C@@H](CC(C)C)C(=O)O)ccc1F. The average molecular weight is 253 g/mol. The van der Waals surface area contributed by atoms with Gasteiger partial charge in [0.1, 0.15) is 11.9 Å². The fraction of sp³-hybridized carbons (Fsp3) is 0.500. The number of hydrogen-bond donors (Lipinski definition) is 2. The first-order valence-electron chi connectivity index (χ1n) is 6.11. The molecule has 0 radical (unpaired) electrons. The zero-order valence-corrected chi connectivity index (χ0v) is 11.0. The summed E-state index contributed by atoms with van der Waals surface area (Å²) in [7, 11) is 0. The van der Waals surface area contributed by atoms with Gasteiger partial charge in [-0.1, -0.05) is 26.0 Å². The first-order chi connectivity index (χ1) is 8.40. The van der Waals surface area contributed by atoms with Crippen LogP contribution in [0, 0.1) is 18.7 Å². The quantitative estimate of drug-likeness (QED) is 0.819. The molecule has 0 bridgehead atoms. The van der Waals surface area contributed by atoms with Crippen molar-refractivity contribution < 1.29 is 14.3 Å². The van der Waals surface area contributed by atoms with Gasteiger partial charge in [-0.2, -0.15) is 0 Å². The lowest BCUT2D eigenvalue weighted by molar-refractivity contribution is -0.140. The zero-order chi connectivity index (χ0) is 13.7. The molecule has 0 amide bonds. The maximum absolute atomic E-state index is 13.1. The van der Waals surface area contributed by atoms with Crippen LogP contribution in [0.3, 0.4) is 0 Å². The molecule has 1 rings (SSSR count). The first-order valence-corrected chi connectivity index (χ1v) is 6.11. The molecule has 0 aromatic heterocycles. The van der Waals surface area contributed by atoms with Gasteiger partial charge in [0.05, 0.1) is 0 Å². The molecule has 1 atom stereocenters. The van der Waals surface area contributed by atoms with Crippen LogP contribution >= 0.6 is 0 Å². The lowest BCUT2D eigenvalue weighted by Gasteiger charge is -2.16. The Balaban J connectivity index is 2.61. The van der Waals surface area contributed by atoms with E-state index in [4.69, 9.17) is 5.11 Å². The number of benzene rings is 1. The second kappa shape index (κ2) is 6.50. The number of rotatable bonds is 6. The van der Waals surface area contributed by atoms with Crippen molar-refractivity contribution in [1.29, 1.82) is 0 Å². The third-order valence-electron chi connectivity index (χ3n) is 2.78. The van der Waals surface area contributed by atoms with E-state index in [1.807, 2.05) is 13.8 Å². The second-order valence-corrected chi connectivity index (χ2v) is 4.98. The van der Waals surface area contributed by atoms with Crippen LogP contribution < -0.4 is 5.32 Å². The summed E-state index contributed by atoms with van der Waals surface area (Å²) in [5.74, 6) is -0.771. The molecular formula is C14H20FNO2. The molecule has 0 saturated carbocycles. The highest BCUT2D eigenvalue weighted by atomic mass is 19.1. The van der Waals surface area contributed by atoms with E-state index in [-0.39, 0.29) is 5.82 Å². The summed E-state index contributed by atoms with van der Waals surface area (Å²) in [4.78, 5) is 11.1. The third-order valence-corrected chi connectivity index (χ3v) is 2.78. The number of nitrogens with one attached hydrogen (secondary N) is 1. The maximum Gasteiger partial charge on any atom is 0.320 e. The molecule has 3 nitrogen and oxygen atoms in total. The molecule has 1 aromatic rings. The third kappa shape index (κ3) is 4.45. The van der Waals surface area contributed by atoms with Crippen LogP contribution in [0.15, 0.2) is 18.2 Å². The Morgan fingerprint density at radius 1 is 1.44 bits per heavy atom. The van der Waals surface area contributed by atoms with E-state index in [1.165, 1.54) is 6.07 Å². The maximum atomic E-state index is 13.1. The van der Waals surface area contributed by atoms with Crippen molar-refractivity contribution in [2.75, 3.05) is 0 Å². The van der Waals surface area contributed by atoms with Gasteiger partial charge in [0.25, 0.3) is 0 Å². The van der Waals surface area contributed by atoms with E-state index in [2.05, 4.69) is 5.32 Å². The van der Waals surface area contributed by atoms with E-state index in [0.29, 0.717) is 24.4 Å². The molecule has 1 aromatic carbocycles. The molecule has 0 aliphatic heterocycles. The van der Waals surface area contributed by atoms with Crippen LogP contribution in [0.2, 0.25) is 0 Å². The summed E-state index contributed by atoms with van der Waals surface area (Å²) < 4.78 is 13.1. The molecule has 0 aliphatic carbocycles. The highest BCUT2D eigenvalue weighted by molar-refractivity contribution is 5.73. The van der Waals surface area contributed by atoms with E-state index in [9.17, 15) is 9.18 Å². The van der Waals surface area contributed by atoms with Crippen LogP contribution in [0.4, 0.5) is 4.39 Å². The standard InChI is InChI=1S/C14H20FNO2/c1-9(2)6-13(14(17)18)16-8-11-4-5-12(15)10(3)7-11/h4-5,7,9,13,16H,6,8H2,1-3H3,(H,17,18)/t13-/m0/s1. The van der Waals surface area contributed by atoms with E-state index in [1.54, 1.807) is 19.1 Å². The summed E-state index contributed by atoms with van der Waals surface area (Å²) in [6.07, 6.45) is 0.579. The van der Waals surface area contributed by atoms with E-state index < -0.39 is 12.0 Å². The molecule has 0 unspecified atom stereocenters. The summed E-state index contributed by atoms with van der Waals surface area (Å²) in [6, 6.07) is 4.25. The molecule has 18 heavy (non-hydrogen) atoms. The molecule has 4 heteroatoms. The van der Waals surface area contributed by atoms with E-state index >= 15 is 0 Å². The Bertz CT molecular complexity index is 418. The Morgan fingerprint density at radius 2 is 2.11 bits per heavy atom. The van der Waals surface area contributed by atoms with Gasteiger partial charge in [-0.25, -0.2) is 4.39 Å². The van der Waals surface area contributed by atoms with Crippen LogP contribution in [0.1, 0.15) is 31.4 Å². The highest BCUT2D eigenvalue weighted by Gasteiger charge is 2.17. The summed E-state index contributed by atoms with van der Waals surface area (Å²) in [6.45, 7) is 6.10. The fourth-order valence-electron chi connectivity index (χ4n) is 1.80. The van der Waals surface area contributed by atoms with Gasteiger partial charge in [0.15, 0.2) is 0 Å². The summed E-state index contributed by atoms with van der Waals surface area (Å²) >= 11 is 0. The minimum absolute atomic E-state index is 0.240. The largest absolute Gasteiger partial charge is 0.480 e. The van der Waals surface area contributed by atoms with Gasteiger partial charge >= 0.3 is 5.97 Å². The summed E-state index contributed by atoms with van der Waals surface area (Å²) in [5, 5.41) is 12.1. The Hall–Kier alpha value is -1.42. The monoisotopic (exact) mass is 253 g/mol. The van der Waals surface area contributed by atoms with Gasteiger partial charge in [-0.3, -0.25) is 4.79 Å². The predicted octanol–water partition coefficient (Wildman–Crippen LogP) is 2.72. The van der Waals surface area contributed by atoms with Crippen LogP contribution in [-0.2, 0) is 11.3 Å². The molecule has 0 aliphatic rings. The zero-order valence-electron chi connectivity index (χ0n) is 11.0. The lowest BCUT2D eigenvalue weighted by Crippen LogP contribution is -2.37. The predicted molar refractivity (Wildman–Crippen MR) is 68.9 cm³/mol. The van der Waals surface area contributed by atoms with Crippen LogP contribution in [0.5, 0.6) is 0 Å². The molecule has 0 spiro atoms. The molecule has 0 saturated heterocycles. The molecule has 0 fully saturated rings. The molecule has 0 heterocycles. The number of carboxylic acid groups (broad SMARTS) is 1. The summed E-state index contributed by atoms with van der Waals surface area (Å²) in [5.41, 5.74) is 1.47. The van der Waals surface area contributed by atoms with Crippen LogP contribution in [0.25, 0.3) is 0 Å². The molecular weight excluding hydrogens is 233 g/mol. The first kappa shape index (κ1) is 14.6. The van der Waals surface area contributed by atoms with Gasteiger partial charge < -0.3 is 10.4 Å². The van der Waals surface area contributed by atoms with Gasteiger partial charge in [0, 0.05) is 6.54 Å².